The van der Waals surface area contributed by atoms with Gasteiger partial charge in [-0.25, -0.2) is 14.3 Å². The summed E-state index contributed by atoms with van der Waals surface area (Å²) in [4.78, 5) is 16.9. The van der Waals surface area contributed by atoms with E-state index in [0.29, 0.717) is 27.0 Å². The predicted molar refractivity (Wildman–Crippen MR) is 116 cm³/mol. The number of nitrogens with zero attached hydrogens (tertiary/aromatic N) is 3. The zero-order chi connectivity index (χ0) is 19.8. The maximum absolute atomic E-state index is 11.8. The van der Waals surface area contributed by atoms with Gasteiger partial charge in [-0.2, -0.15) is 5.10 Å². The van der Waals surface area contributed by atoms with Gasteiger partial charge in [0.05, 0.1) is 11.1 Å². The van der Waals surface area contributed by atoms with E-state index in [0.717, 1.165) is 20.6 Å². The number of fused-ring (bicyclic) bond motifs is 1. The first-order valence-electron chi connectivity index (χ1n) is 8.23. The number of rotatable bonds is 5. The van der Waals surface area contributed by atoms with Gasteiger partial charge in [0.2, 0.25) is 0 Å². The molecular weight excluding hydrogens is 513 g/mol. The van der Waals surface area contributed by atoms with E-state index in [1.807, 2.05) is 37.3 Å². The van der Waals surface area contributed by atoms with Crippen molar-refractivity contribution in [3.8, 4) is 16.3 Å². The molecule has 0 aliphatic rings. The predicted octanol–water partition coefficient (Wildman–Crippen LogP) is 5.55. The molecule has 0 saturated heterocycles. The Hall–Kier alpha value is -2.17. The zero-order valence-corrected chi connectivity index (χ0v) is 18.2. The van der Waals surface area contributed by atoms with Crippen LogP contribution >= 0.6 is 45.5 Å². The molecule has 28 heavy (non-hydrogen) atoms. The molecule has 142 valence electrons. The minimum absolute atomic E-state index is 0.120. The maximum atomic E-state index is 11.8. The highest BCUT2D eigenvalue weighted by Gasteiger charge is 2.22. The Morgan fingerprint density at radius 3 is 2.86 bits per heavy atom. The first kappa shape index (κ1) is 19.2. The Morgan fingerprint density at radius 2 is 2.11 bits per heavy atom. The van der Waals surface area contributed by atoms with Gasteiger partial charge in [-0.05, 0) is 47.7 Å². The number of ether oxygens (including phenoxy) is 1. The van der Waals surface area contributed by atoms with Gasteiger partial charge in [0.1, 0.15) is 21.2 Å². The Morgan fingerprint density at radius 1 is 1.32 bits per heavy atom. The number of carboxylic acids is 1. The fourth-order valence-electron chi connectivity index (χ4n) is 2.81. The van der Waals surface area contributed by atoms with E-state index < -0.39 is 12.1 Å². The van der Waals surface area contributed by atoms with Gasteiger partial charge in [-0.1, -0.05) is 29.8 Å². The standard InChI is InChI=1S/C19H13ClIN3O3S/c1-10(11-4-2-3-5-12(11)20)27-14-8-15(28-18(14)19(25)26)13-9-22-17-7-6-16(21)23-24(13)17/h2-10H,1H3,(H,25,26)/t10-/m1/s1. The van der Waals surface area contributed by atoms with Crippen LogP contribution in [0.3, 0.4) is 0 Å². The molecule has 3 aromatic heterocycles. The second kappa shape index (κ2) is 7.69. The van der Waals surface area contributed by atoms with Crippen LogP contribution in [0.2, 0.25) is 5.02 Å². The molecule has 1 aromatic carbocycles. The van der Waals surface area contributed by atoms with Crippen LogP contribution in [-0.4, -0.2) is 25.7 Å². The number of benzene rings is 1. The number of hydrogen-bond acceptors (Lipinski definition) is 5. The van der Waals surface area contributed by atoms with Crippen molar-refractivity contribution in [1.82, 2.24) is 14.6 Å². The van der Waals surface area contributed by atoms with Crippen molar-refractivity contribution < 1.29 is 14.6 Å². The molecule has 0 aliphatic heterocycles. The number of aromatic nitrogens is 3. The smallest absolute Gasteiger partial charge is 0.349 e. The molecule has 0 bridgehead atoms. The highest BCUT2D eigenvalue weighted by molar-refractivity contribution is 14.1. The average molecular weight is 526 g/mol. The average Bonchev–Trinajstić information content (AvgIpc) is 3.25. The topological polar surface area (TPSA) is 76.7 Å². The lowest BCUT2D eigenvalue weighted by molar-refractivity contribution is 0.0696. The van der Waals surface area contributed by atoms with Crippen LogP contribution in [-0.2, 0) is 0 Å². The second-order valence-corrected chi connectivity index (χ2v) is 8.52. The van der Waals surface area contributed by atoms with Crippen LogP contribution in [0.5, 0.6) is 5.75 Å². The molecule has 3 heterocycles. The van der Waals surface area contributed by atoms with Gasteiger partial charge in [-0.3, -0.25) is 0 Å². The minimum atomic E-state index is -1.05. The largest absolute Gasteiger partial charge is 0.484 e. The van der Waals surface area contributed by atoms with E-state index in [9.17, 15) is 9.90 Å². The molecule has 4 rings (SSSR count). The van der Waals surface area contributed by atoms with Gasteiger partial charge in [0.25, 0.3) is 0 Å². The van der Waals surface area contributed by atoms with Gasteiger partial charge >= 0.3 is 5.97 Å². The summed E-state index contributed by atoms with van der Waals surface area (Å²) in [7, 11) is 0. The third-order valence-corrected chi connectivity index (χ3v) is 6.17. The van der Waals surface area contributed by atoms with Crippen molar-refractivity contribution in [3.05, 3.63) is 67.8 Å². The van der Waals surface area contributed by atoms with Crippen molar-refractivity contribution in [2.45, 2.75) is 13.0 Å². The summed E-state index contributed by atoms with van der Waals surface area (Å²) >= 11 is 9.49. The monoisotopic (exact) mass is 525 g/mol. The van der Waals surface area contributed by atoms with Gasteiger partial charge in [0, 0.05) is 16.7 Å². The summed E-state index contributed by atoms with van der Waals surface area (Å²) in [6.45, 7) is 1.84. The number of carboxylic acid groups (broad SMARTS) is 1. The van der Waals surface area contributed by atoms with Crippen LogP contribution in [0.15, 0.2) is 48.7 Å². The van der Waals surface area contributed by atoms with Crippen molar-refractivity contribution in [3.63, 3.8) is 0 Å². The van der Waals surface area contributed by atoms with Crippen molar-refractivity contribution in [1.29, 1.82) is 0 Å². The van der Waals surface area contributed by atoms with E-state index >= 15 is 0 Å². The Kier molecular flexibility index (Phi) is 5.26. The Labute approximate surface area is 182 Å². The van der Waals surface area contributed by atoms with Crippen molar-refractivity contribution in [2.75, 3.05) is 0 Å². The summed E-state index contributed by atoms with van der Waals surface area (Å²) in [5, 5.41) is 14.7. The molecule has 0 fully saturated rings. The van der Waals surface area contributed by atoms with Crippen LogP contribution < -0.4 is 4.74 Å². The summed E-state index contributed by atoms with van der Waals surface area (Å²) < 4.78 is 8.49. The number of imidazole rings is 1. The summed E-state index contributed by atoms with van der Waals surface area (Å²) in [6, 6.07) is 12.8. The van der Waals surface area contributed by atoms with E-state index in [-0.39, 0.29) is 4.88 Å². The van der Waals surface area contributed by atoms with Gasteiger partial charge < -0.3 is 9.84 Å². The number of hydrogen-bond donors (Lipinski definition) is 1. The third kappa shape index (κ3) is 3.59. The Balaban J connectivity index is 1.75. The molecular formula is C19H13ClIN3O3S. The number of halogens is 2. The SMILES string of the molecule is C[C@@H](Oc1cc(-c2cnc3ccc(I)nn23)sc1C(=O)O)c1ccccc1Cl. The lowest BCUT2D eigenvalue weighted by Crippen LogP contribution is -2.06. The molecule has 0 radical (unpaired) electrons. The summed E-state index contributed by atoms with van der Waals surface area (Å²) in [5.74, 6) is -0.755. The van der Waals surface area contributed by atoms with E-state index in [2.05, 4.69) is 32.7 Å². The quantitative estimate of drug-likeness (QED) is 0.346. The van der Waals surface area contributed by atoms with E-state index in [4.69, 9.17) is 16.3 Å². The molecule has 1 atom stereocenters. The van der Waals surface area contributed by atoms with E-state index in [1.54, 1.807) is 22.8 Å². The van der Waals surface area contributed by atoms with E-state index in [1.165, 1.54) is 0 Å². The second-order valence-electron chi connectivity index (χ2n) is 5.96. The molecule has 0 aliphatic carbocycles. The fraction of sp³-hybridized carbons (Fsp3) is 0.105. The third-order valence-electron chi connectivity index (χ3n) is 4.12. The lowest BCUT2D eigenvalue weighted by Gasteiger charge is -2.15. The summed E-state index contributed by atoms with van der Waals surface area (Å²) in [5.41, 5.74) is 2.19. The van der Waals surface area contributed by atoms with Crippen LogP contribution in [0.1, 0.15) is 28.3 Å². The molecule has 0 amide bonds. The van der Waals surface area contributed by atoms with Gasteiger partial charge in [0.15, 0.2) is 10.5 Å². The molecule has 0 unspecified atom stereocenters. The number of aromatic carboxylic acids is 1. The van der Waals surface area contributed by atoms with Crippen LogP contribution in [0, 0.1) is 3.70 Å². The highest BCUT2D eigenvalue weighted by atomic mass is 127. The highest BCUT2D eigenvalue weighted by Crippen LogP contribution is 2.39. The normalized spacial score (nSPS) is 12.2. The first-order chi connectivity index (χ1) is 13.4. The van der Waals surface area contributed by atoms with Crippen LogP contribution in [0.25, 0.3) is 16.2 Å². The fourth-order valence-corrected chi connectivity index (χ4v) is 4.42. The van der Waals surface area contributed by atoms with Crippen LogP contribution in [0.4, 0.5) is 0 Å². The van der Waals surface area contributed by atoms with Crippen molar-refractivity contribution >= 4 is 57.1 Å². The number of thiophene rings is 1. The molecule has 6 nitrogen and oxygen atoms in total. The zero-order valence-electron chi connectivity index (χ0n) is 14.5. The van der Waals surface area contributed by atoms with Crippen molar-refractivity contribution in [2.24, 2.45) is 0 Å². The van der Waals surface area contributed by atoms with Gasteiger partial charge in [-0.15, -0.1) is 11.3 Å². The Bertz CT molecular complexity index is 1190. The molecule has 4 aromatic rings. The first-order valence-corrected chi connectivity index (χ1v) is 10.5. The number of carbonyl (C=O) groups is 1. The maximum Gasteiger partial charge on any atom is 0.349 e. The molecule has 9 heteroatoms. The summed E-state index contributed by atoms with van der Waals surface area (Å²) in [6.07, 6.45) is 1.27. The minimum Gasteiger partial charge on any atom is -0.484 e. The lowest BCUT2D eigenvalue weighted by atomic mass is 10.1. The molecule has 1 N–H and O–H groups in total. The molecule has 0 saturated carbocycles. The molecule has 0 spiro atoms.